The van der Waals surface area contributed by atoms with Crippen molar-refractivity contribution in [1.82, 2.24) is 0 Å². The van der Waals surface area contributed by atoms with Gasteiger partial charge in [-0.1, -0.05) is 79.9 Å². The highest BCUT2D eigenvalue weighted by atomic mass is 32.2. The number of aliphatic hydroxyl groups is 1. The number of fused-ring (bicyclic) bond motifs is 2. The number of allylic oxidation sites excluding steroid dienone is 5. The molecule has 0 fully saturated rings. The predicted octanol–water partition coefficient (Wildman–Crippen LogP) is 12.5. The van der Waals surface area contributed by atoms with E-state index in [9.17, 15) is 28.0 Å². The predicted molar refractivity (Wildman–Crippen MR) is 280 cm³/mol. The zero-order chi connectivity index (χ0) is 49.3. The summed E-state index contributed by atoms with van der Waals surface area (Å²) >= 11 is 0.977. The third-order valence-corrected chi connectivity index (χ3v) is 17.5. The van der Waals surface area contributed by atoms with Gasteiger partial charge in [0.15, 0.2) is 5.71 Å². The average Bonchev–Trinajstić information content (AvgIpc) is 3.63. The van der Waals surface area contributed by atoms with E-state index in [2.05, 4.69) is 82.9 Å². The van der Waals surface area contributed by atoms with Crippen molar-refractivity contribution in [2.45, 2.75) is 70.6 Å². The number of unbranched alkanes of at least 4 members (excludes halogenated alkanes) is 2. The van der Waals surface area contributed by atoms with E-state index in [4.69, 9.17) is 9.78 Å². The van der Waals surface area contributed by atoms with Gasteiger partial charge in [-0.2, -0.15) is 8.77 Å². The highest BCUT2D eigenvalue weighted by Gasteiger charge is 2.47. The van der Waals surface area contributed by atoms with Gasteiger partial charge in [0.2, 0.25) is 11.5 Å². The first-order chi connectivity index (χ1) is 32.0. The maximum Gasteiger partial charge on any atom is 0.310 e. The molecule has 68 heavy (non-hydrogen) atoms. The van der Waals surface area contributed by atoms with E-state index in [-0.39, 0.29) is 29.1 Å². The molecule has 1 aliphatic carbocycles. The lowest BCUT2D eigenvalue weighted by Crippen LogP contribution is -2.32. The van der Waals surface area contributed by atoms with Gasteiger partial charge in [-0.15, -0.1) is 4.33 Å². The number of halogens is 1. The molecule has 0 saturated carbocycles. The number of ketones is 1. The summed E-state index contributed by atoms with van der Waals surface area (Å²) in [5.41, 5.74) is 8.89. The molecule has 2 atom stereocenters. The molecule has 17 heteroatoms. The van der Waals surface area contributed by atoms with Crippen LogP contribution in [0, 0.1) is 0 Å². The third-order valence-electron chi connectivity index (χ3n) is 13.1. The zero-order valence-corrected chi connectivity index (χ0v) is 44.4. The van der Waals surface area contributed by atoms with Crippen LogP contribution in [0.5, 0.6) is 0 Å². The molecule has 0 spiro atoms. The lowest BCUT2D eigenvalue weighted by molar-refractivity contribution is -0.438. The number of benzene rings is 4. The number of carbonyl (C=O) groups is 2. The molecule has 11 nitrogen and oxygen atoms in total. The Hall–Kier alpha value is -4.01. The van der Waals surface area contributed by atoms with Crippen LogP contribution in [0.25, 0.3) is 22.3 Å². The fourth-order valence-corrected chi connectivity index (χ4v) is 12.0. The normalized spacial score (nSPS) is 18.0. The molecular formula is C51H60FN2O9P4S+. The van der Waals surface area contributed by atoms with E-state index in [1.807, 2.05) is 69.6 Å². The summed E-state index contributed by atoms with van der Waals surface area (Å²) in [6.07, 6.45) is 6.28. The van der Waals surface area contributed by atoms with Gasteiger partial charge in [0.05, 0.1) is 16.6 Å². The summed E-state index contributed by atoms with van der Waals surface area (Å²) in [5.74, 6) is -0.424. The number of rotatable bonds is 19. The number of aliphatic hydroxyl groups excluding tert-OH is 1. The molecule has 0 radical (unpaired) electrons. The Bertz CT molecular complexity index is 2840. The van der Waals surface area contributed by atoms with E-state index in [1.54, 1.807) is 26.7 Å². The van der Waals surface area contributed by atoms with Crippen LogP contribution in [0.4, 0.5) is 15.6 Å². The van der Waals surface area contributed by atoms with Crippen LogP contribution in [-0.4, -0.2) is 77.9 Å². The second kappa shape index (κ2) is 20.8. The zero-order valence-electron chi connectivity index (χ0n) is 39.7. The molecule has 2 N–H and O–H groups in total. The van der Waals surface area contributed by atoms with E-state index in [0.717, 1.165) is 78.8 Å². The van der Waals surface area contributed by atoms with Crippen molar-refractivity contribution in [2.75, 3.05) is 50.4 Å². The van der Waals surface area contributed by atoms with Gasteiger partial charge in [-0.25, -0.2) is 5.26 Å². The van der Waals surface area contributed by atoms with Gasteiger partial charge in [-0.05, 0) is 120 Å². The summed E-state index contributed by atoms with van der Waals surface area (Å²) in [5, 5.41) is 26.0. The van der Waals surface area contributed by atoms with Crippen molar-refractivity contribution in [1.29, 1.82) is 0 Å². The number of hydrogen-bond donors (Lipinski definition) is 2. The molecule has 4 aromatic carbocycles. The lowest BCUT2D eigenvalue weighted by Gasteiger charge is -2.29. The molecule has 0 amide bonds. The Morgan fingerprint density at radius 3 is 1.94 bits per heavy atom. The molecular weight excluding hydrogens is 960 g/mol. The van der Waals surface area contributed by atoms with Crippen LogP contribution in [0.2, 0.25) is 0 Å². The fraction of sp³-hybridized carbons (Fsp3) is 0.353. The number of carbonyl (C=O) groups excluding carboxylic acids is 2. The standard InChI is InChI=1S/C51H59FN2O9P4S/c1-50(2)41-29-35(33-14-20-37(21-15-33)66(5,6)59)18-24-43(41)53(26-11-9-10-13-47(55)61-65(52)64)45(50)31-39-48(56)40(49(39)57)32-46-51(3,4)42-30-36(34-16-22-38(23-17-34)67(7,8)60)19-25-44(42)54(46)27-12-28-68-63-62-58/h14-25,29-32H,9-13,26-28,64H2,1-8H3,(H-,56,57,58)/p+1. The molecule has 2 heterocycles. The number of nitrogens with zero attached hydrogens (tertiary/aromatic N) is 2. The monoisotopic (exact) mass is 1020 g/mol. The minimum absolute atomic E-state index is 0.0901. The van der Waals surface area contributed by atoms with Crippen LogP contribution in [0.1, 0.15) is 70.9 Å². The Morgan fingerprint density at radius 1 is 0.809 bits per heavy atom. The van der Waals surface area contributed by atoms with Crippen LogP contribution >= 0.6 is 43.4 Å². The lowest BCUT2D eigenvalue weighted by atomic mass is 9.77. The van der Waals surface area contributed by atoms with Gasteiger partial charge in [0.25, 0.3) is 8.15 Å². The molecule has 360 valence electrons. The van der Waals surface area contributed by atoms with Crippen molar-refractivity contribution in [3.63, 3.8) is 0 Å². The quantitative estimate of drug-likeness (QED) is 0.0176. The van der Waals surface area contributed by atoms with Gasteiger partial charge < -0.3 is 23.7 Å². The first kappa shape index (κ1) is 51.8. The molecule has 7 rings (SSSR count). The van der Waals surface area contributed by atoms with Gasteiger partial charge >= 0.3 is 5.97 Å². The molecule has 4 aromatic rings. The van der Waals surface area contributed by atoms with Gasteiger partial charge in [0, 0.05) is 82.3 Å². The third kappa shape index (κ3) is 11.0. The maximum absolute atomic E-state index is 14.4. The van der Waals surface area contributed by atoms with Crippen molar-refractivity contribution in [3.8, 4) is 22.3 Å². The summed E-state index contributed by atoms with van der Waals surface area (Å²) in [6.45, 7) is 16.6. The molecule has 2 unspecified atom stereocenters. The number of hydrogen-bond acceptors (Lipinski definition) is 11. The fourth-order valence-electron chi connectivity index (χ4n) is 9.32. The molecule has 0 bridgehead atoms. The molecule has 0 aromatic heterocycles. The van der Waals surface area contributed by atoms with Gasteiger partial charge in [-0.3, -0.25) is 9.59 Å². The Kier molecular flexibility index (Phi) is 15.8. The van der Waals surface area contributed by atoms with E-state index >= 15 is 0 Å². The SMILES string of the molecule is CC1(C)C(/C=C2\C(=O)C(/C=C3/N(CCCCCC(=O)OP(F)P)c4ccc(-c5ccc(P(C)(C)=O)cc5)cc4C3(C)C)=C2O)=[N+](CCCSOOO)c2ccc(-c3ccc(P(C)(C)=O)cc3)cc21. The van der Waals surface area contributed by atoms with Gasteiger partial charge in [0.1, 0.15) is 26.6 Å². The molecule has 2 aliphatic heterocycles. The van der Waals surface area contributed by atoms with E-state index in [0.29, 0.717) is 44.5 Å². The van der Waals surface area contributed by atoms with Crippen LogP contribution in [0.3, 0.4) is 0 Å². The maximum atomic E-state index is 14.4. The molecule has 3 aliphatic rings. The first-order valence-electron chi connectivity index (χ1n) is 22.5. The Labute approximate surface area is 406 Å². The number of Topliss-reactive ketones (excluding diaryl/α,β-unsaturated/α-hetero) is 1. The minimum Gasteiger partial charge on any atom is -0.506 e. The Morgan fingerprint density at radius 2 is 1.38 bits per heavy atom. The van der Waals surface area contributed by atoms with Crippen molar-refractivity contribution < 1.29 is 51.8 Å². The van der Waals surface area contributed by atoms with E-state index in [1.165, 1.54) is 0 Å². The summed E-state index contributed by atoms with van der Waals surface area (Å²) in [7, 11) is -5.32. The van der Waals surface area contributed by atoms with Crippen molar-refractivity contribution >= 4 is 82.9 Å². The second-order valence-corrected chi connectivity index (χ2v) is 28.4. The molecule has 0 saturated heterocycles. The Balaban J connectivity index is 1.23. The van der Waals surface area contributed by atoms with Crippen molar-refractivity contribution in [3.05, 3.63) is 131 Å². The second-order valence-electron chi connectivity index (χ2n) is 19.2. The average molecular weight is 1020 g/mol. The summed E-state index contributed by atoms with van der Waals surface area (Å²) < 4.78 is 50.3. The number of anilines is 1. The van der Waals surface area contributed by atoms with Crippen LogP contribution in [-0.2, 0) is 43.4 Å². The topological polar surface area (TPSA) is 143 Å². The van der Waals surface area contributed by atoms with E-state index < -0.39 is 39.2 Å². The largest absolute Gasteiger partial charge is 0.506 e. The van der Waals surface area contributed by atoms with Crippen LogP contribution < -0.4 is 15.5 Å². The smallest absolute Gasteiger partial charge is 0.310 e. The summed E-state index contributed by atoms with van der Waals surface area (Å²) in [6, 6.07) is 28.2. The summed E-state index contributed by atoms with van der Waals surface area (Å²) in [4.78, 5) is 28.7. The first-order valence-corrected chi connectivity index (χ1v) is 31.4. The highest BCUT2D eigenvalue weighted by Crippen LogP contribution is 2.51. The van der Waals surface area contributed by atoms with Crippen molar-refractivity contribution in [2.24, 2.45) is 0 Å². The minimum atomic E-state index is -2.43. The highest BCUT2D eigenvalue weighted by molar-refractivity contribution is 8.08. The van der Waals surface area contributed by atoms with Crippen LogP contribution in [0.15, 0.2) is 120 Å².